The Bertz CT molecular complexity index is 557. The van der Waals surface area contributed by atoms with E-state index in [1.165, 1.54) is 43.2 Å². The normalized spacial score (nSPS) is 16.0. The standard InChI is InChI=1S/C18H22N2/c19-17-13-15(14-7-3-1-4-8-14)11-12-18(17)20-16-9-5-2-6-10-16/h1,3-4,7-8,11-13,16,20H,2,5-6,9-10,19H2. The van der Waals surface area contributed by atoms with Crippen LogP contribution in [0.4, 0.5) is 11.4 Å². The summed E-state index contributed by atoms with van der Waals surface area (Å²) >= 11 is 0. The molecule has 2 aromatic rings. The fraction of sp³-hybridized carbons (Fsp3) is 0.333. The fourth-order valence-corrected chi connectivity index (χ4v) is 2.97. The summed E-state index contributed by atoms with van der Waals surface area (Å²) in [5.41, 5.74) is 10.5. The molecule has 0 unspecified atom stereocenters. The Morgan fingerprint density at radius 2 is 1.60 bits per heavy atom. The average molecular weight is 266 g/mol. The minimum atomic E-state index is 0.591. The molecule has 2 aromatic carbocycles. The van der Waals surface area contributed by atoms with E-state index in [-0.39, 0.29) is 0 Å². The van der Waals surface area contributed by atoms with Gasteiger partial charge >= 0.3 is 0 Å². The van der Waals surface area contributed by atoms with Crippen LogP contribution < -0.4 is 11.1 Å². The molecule has 2 heteroatoms. The van der Waals surface area contributed by atoms with Gasteiger partial charge in [0.25, 0.3) is 0 Å². The third-order valence-corrected chi connectivity index (χ3v) is 4.12. The lowest BCUT2D eigenvalue weighted by atomic mass is 9.95. The molecule has 20 heavy (non-hydrogen) atoms. The number of hydrogen-bond acceptors (Lipinski definition) is 2. The number of rotatable bonds is 3. The summed E-state index contributed by atoms with van der Waals surface area (Å²) in [5, 5.41) is 3.60. The van der Waals surface area contributed by atoms with Gasteiger partial charge in [0.2, 0.25) is 0 Å². The molecule has 0 radical (unpaired) electrons. The molecule has 1 aliphatic carbocycles. The molecule has 1 saturated carbocycles. The Morgan fingerprint density at radius 1 is 0.850 bits per heavy atom. The van der Waals surface area contributed by atoms with Gasteiger partial charge in [-0.2, -0.15) is 0 Å². The number of nitrogens with two attached hydrogens (primary N) is 1. The van der Waals surface area contributed by atoms with Crippen LogP contribution >= 0.6 is 0 Å². The number of anilines is 2. The van der Waals surface area contributed by atoms with Gasteiger partial charge in [0.05, 0.1) is 11.4 Å². The summed E-state index contributed by atoms with van der Waals surface area (Å²) in [7, 11) is 0. The number of benzene rings is 2. The first-order valence-corrected chi connectivity index (χ1v) is 7.54. The minimum absolute atomic E-state index is 0.591. The van der Waals surface area contributed by atoms with Crippen LogP contribution in [0.2, 0.25) is 0 Å². The molecule has 1 fully saturated rings. The summed E-state index contributed by atoms with van der Waals surface area (Å²) in [6, 6.07) is 17.3. The van der Waals surface area contributed by atoms with E-state index in [1.54, 1.807) is 0 Å². The van der Waals surface area contributed by atoms with Gasteiger partial charge in [-0.25, -0.2) is 0 Å². The molecule has 0 aromatic heterocycles. The zero-order valence-corrected chi connectivity index (χ0v) is 11.8. The molecule has 104 valence electrons. The van der Waals surface area contributed by atoms with Crippen molar-refractivity contribution in [2.24, 2.45) is 0 Å². The second-order valence-electron chi connectivity index (χ2n) is 5.65. The molecule has 0 atom stereocenters. The molecule has 3 N–H and O–H groups in total. The van der Waals surface area contributed by atoms with Crippen LogP contribution in [-0.2, 0) is 0 Å². The smallest absolute Gasteiger partial charge is 0.0576 e. The lowest BCUT2D eigenvalue weighted by Crippen LogP contribution is -2.22. The van der Waals surface area contributed by atoms with E-state index in [0.29, 0.717) is 6.04 Å². The summed E-state index contributed by atoms with van der Waals surface area (Å²) < 4.78 is 0. The number of nitrogen functional groups attached to an aromatic ring is 1. The molecular formula is C18H22N2. The second kappa shape index (κ2) is 6.00. The van der Waals surface area contributed by atoms with E-state index in [1.807, 2.05) is 6.07 Å². The van der Waals surface area contributed by atoms with Gasteiger partial charge in [-0.3, -0.25) is 0 Å². The van der Waals surface area contributed by atoms with E-state index in [0.717, 1.165) is 11.4 Å². The van der Waals surface area contributed by atoms with Crippen LogP contribution in [0.25, 0.3) is 11.1 Å². The van der Waals surface area contributed by atoms with E-state index in [2.05, 4.69) is 47.8 Å². The number of nitrogens with one attached hydrogen (secondary N) is 1. The molecule has 0 spiro atoms. The Labute approximate surface area is 121 Å². The maximum Gasteiger partial charge on any atom is 0.0576 e. The van der Waals surface area contributed by atoms with E-state index in [9.17, 15) is 0 Å². The molecule has 1 aliphatic rings. The van der Waals surface area contributed by atoms with Crippen molar-refractivity contribution in [2.75, 3.05) is 11.1 Å². The SMILES string of the molecule is Nc1cc(-c2ccccc2)ccc1NC1CCCCC1. The maximum absolute atomic E-state index is 6.21. The monoisotopic (exact) mass is 266 g/mol. The highest BCUT2D eigenvalue weighted by molar-refractivity contribution is 5.76. The molecule has 3 rings (SSSR count). The van der Waals surface area contributed by atoms with Crippen LogP contribution in [0.5, 0.6) is 0 Å². The predicted octanol–water partition coefficient (Wildman–Crippen LogP) is 4.68. The van der Waals surface area contributed by atoms with Crippen molar-refractivity contribution in [3.05, 3.63) is 48.5 Å². The zero-order chi connectivity index (χ0) is 13.8. The highest BCUT2D eigenvalue weighted by atomic mass is 14.9. The molecular weight excluding hydrogens is 244 g/mol. The highest BCUT2D eigenvalue weighted by Gasteiger charge is 2.14. The molecule has 0 saturated heterocycles. The van der Waals surface area contributed by atoms with Crippen molar-refractivity contribution in [1.82, 2.24) is 0 Å². The van der Waals surface area contributed by atoms with Crippen LogP contribution in [0.15, 0.2) is 48.5 Å². The van der Waals surface area contributed by atoms with Crippen molar-refractivity contribution in [3.8, 4) is 11.1 Å². The van der Waals surface area contributed by atoms with Gasteiger partial charge in [0.15, 0.2) is 0 Å². The van der Waals surface area contributed by atoms with Gasteiger partial charge in [-0.15, -0.1) is 0 Å². The zero-order valence-electron chi connectivity index (χ0n) is 11.8. The first-order valence-electron chi connectivity index (χ1n) is 7.54. The fourth-order valence-electron chi connectivity index (χ4n) is 2.97. The molecule has 0 bridgehead atoms. The van der Waals surface area contributed by atoms with Crippen LogP contribution in [0.1, 0.15) is 32.1 Å². The first kappa shape index (κ1) is 13.0. The first-order chi connectivity index (χ1) is 9.83. The van der Waals surface area contributed by atoms with Crippen molar-refractivity contribution in [2.45, 2.75) is 38.1 Å². The third-order valence-electron chi connectivity index (χ3n) is 4.12. The third kappa shape index (κ3) is 2.96. The highest BCUT2D eigenvalue weighted by Crippen LogP contribution is 2.29. The quantitative estimate of drug-likeness (QED) is 0.791. The Hall–Kier alpha value is -1.96. The Kier molecular flexibility index (Phi) is 3.91. The minimum Gasteiger partial charge on any atom is -0.397 e. The van der Waals surface area contributed by atoms with Crippen molar-refractivity contribution in [1.29, 1.82) is 0 Å². The van der Waals surface area contributed by atoms with Crippen molar-refractivity contribution in [3.63, 3.8) is 0 Å². The van der Waals surface area contributed by atoms with Crippen molar-refractivity contribution < 1.29 is 0 Å². The van der Waals surface area contributed by atoms with Crippen LogP contribution in [0.3, 0.4) is 0 Å². The topological polar surface area (TPSA) is 38.0 Å². The number of hydrogen-bond donors (Lipinski definition) is 2. The molecule has 2 nitrogen and oxygen atoms in total. The molecule has 0 aliphatic heterocycles. The molecule has 0 heterocycles. The second-order valence-corrected chi connectivity index (χ2v) is 5.65. The van der Waals surface area contributed by atoms with Gasteiger partial charge < -0.3 is 11.1 Å². The lowest BCUT2D eigenvalue weighted by Gasteiger charge is -2.24. The summed E-state index contributed by atoms with van der Waals surface area (Å²) in [4.78, 5) is 0. The summed E-state index contributed by atoms with van der Waals surface area (Å²) in [5.74, 6) is 0. The van der Waals surface area contributed by atoms with Crippen LogP contribution in [-0.4, -0.2) is 6.04 Å². The van der Waals surface area contributed by atoms with Gasteiger partial charge in [0.1, 0.15) is 0 Å². The predicted molar refractivity (Wildman–Crippen MR) is 86.8 cm³/mol. The summed E-state index contributed by atoms with van der Waals surface area (Å²) in [6.45, 7) is 0. The van der Waals surface area contributed by atoms with E-state index in [4.69, 9.17) is 5.73 Å². The van der Waals surface area contributed by atoms with E-state index >= 15 is 0 Å². The van der Waals surface area contributed by atoms with Gasteiger partial charge in [-0.1, -0.05) is 55.7 Å². The molecule has 0 amide bonds. The lowest BCUT2D eigenvalue weighted by molar-refractivity contribution is 0.463. The summed E-state index contributed by atoms with van der Waals surface area (Å²) in [6.07, 6.45) is 6.57. The van der Waals surface area contributed by atoms with Crippen LogP contribution in [0, 0.1) is 0 Å². The Balaban J connectivity index is 1.77. The Morgan fingerprint density at radius 3 is 2.30 bits per heavy atom. The van der Waals surface area contributed by atoms with Crippen molar-refractivity contribution >= 4 is 11.4 Å². The average Bonchev–Trinajstić information content (AvgIpc) is 2.51. The van der Waals surface area contributed by atoms with Gasteiger partial charge in [-0.05, 0) is 36.1 Å². The maximum atomic E-state index is 6.21. The largest absolute Gasteiger partial charge is 0.397 e. The van der Waals surface area contributed by atoms with E-state index < -0.39 is 0 Å². The van der Waals surface area contributed by atoms with Gasteiger partial charge in [0, 0.05) is 6.04 Å².